The molecule has 1 aromatic carbocycles. The quantitative estimate of drug-likeness (QED) is 0.739. The number of ketones is 1. The number of carbonyl (C=O) groups excluding carboxylic acids is 2. The zero-order chi connectivity index (χ0) is 19.6. The van der Waals surface area contributed by atoms with Gasteiger partial charge in [0.05, 0.1) is 16.5 Å². The van der Waals surface area contributed by atoms with Crippen LogP contribution in [-0.4, -0.2) is 53.8 Å². The Morgan fingerprint density at radius 1 is 1.26 bits per heavy atom. The normalized spacial score (nSPS) is 17.3. The number of thiophene rings is 1. The van der Waals surface area contributed by atoms with Gasteiger partial charge < -0.3 is 14.9 Å². The summed E-state index contributed by atoms with van der Waals surface area (Å²) in [4.78, 5) is 29.6. The molecule has 0 fully saturated rings. The van der Waals surface area contributed by atoms with Crippen molar-refractivity contribution in [3.05, 3.63) is 69.4 Å². The molecule has 27 heavy (non-hydrogen) atoms. The first-order valence-corrected chi connectivity index (χ1v) is 9.50. The molecule has 1 aliphatic rings. The van der Waals surface area contributed by atoms with E-state index in [9.17, 15) is 19.1 Å². The van der Waals surface area contributed by atoms with Crippen LogP contribution in [0.25, 0.3) is 0 Å². The van der Waals surface area contributed by atoms with Crippen molar-refractivity contribution in [1.82, 2.24) is 9.80 Å². The van der Waals surface area contributed by atoms with Gasteiger partial charge in [0.15, 0.2) is 5.76 Å². The molecule has 0 spiro atoms. The van der Waals surface area contributed by atoms with E-state index in [1.165, 1.54) is 28.4 Å². The molecule has 0 saturated carbocycles. The molecule has 3 rings (SSSR count). The summed E-state index contributed by atoms with van der Waals surface area (Å²) in [7, 11) is 3.87. The monoisotopic (exact) mass is 388 g/mol. The van der Waals surface area contributed by atoms with Gasteiger partial charge in [-0.05, 0) is 56.2 Å². The van der Waals surface area contributed by atoms with Crippen LogP contribution < -0.4 is 0 Å². The number of hydrogen-bond acceptors (Lipinski definition) is 5. The molecule has 5 nitrogen and oxygen atoms in total. The average molecular weight is 388 g/mol. The van der Waals surface area contributed by atoms with Crippen LogP contribution in [-0.2, 0) is 4.79 Å². The summed E-state index contributed by atoms with van der Waals surface area (Å²) >= 11 is 1.25. The minimum Gasteiger partial charge on any atom is -0.503 e. The third kappa shape index (κ3) is 3.94. The number of hydrogen-bond donors (Lipinski definition) is 1. The van der Waals surface area contributed by atoms with Crippen LogP contribution in [0.15, 0.2) is 53.1 Å². The predicted octanol–water partition coefficient (Wildman–Crippen LogP) is 3.42. The molecular weight excluding hydrogens is 367 g/mol. The number of nitrogens with zero attached hydrogens (tertiary/aromatic N) is 2. The second-order valence-electron chi connectivity index (χ2n) is 6.68. The summed E-state index contributed by atoms with van der Waals surface area (Å²) in [6.45, 7) is 1.14. The summed E-state index contributed by atoms with van der Waals surface area (Å²) in [5, 5.41) is 12.2. The van der Waals surface area contributed by atoms with Crippen molar-refractivity contribution in [2.75, 3.05) is 27.2 Å². The third-order valence-corrected chi connectivity index (χ3v) is 5.35. The molecule has 0 unspecified atom stereocenters. The number of Topliss-reactive ketones (excluding diaryl/α,β-unsaturated/α-hetero) is 1. The van der Waals surface area contributed by atoms with E-state index in [1.54, 1.807) is 29.6 Å². The Balaban J connectivity index is 1.99. The molecule has 0 saturated heterocycles. The highest BCUT2D eigenvalue weighted by molar-refractivity contribution is 7.12. The number of carbonyl (C=O) groups is 2. The molecule has 1 amide bonds. The maximum Gasteiger partial charge on any atom is 0.290 e. The highest BCUT2D eigenvalue weighted by atomic mass is 32.1. The van der Waals surface area contributed by atoms with Crippen LogP contribution in [0.4, 0.5) is 4.39 Å². The van der Waals surface area contributed by atoms with Crippen LogP contribution in [0.2, 0.25) is 0 Å². The standard InChI is InChI=1S/C20H21FN2O3S/c1-22(2)10-4-11-23-17(13-6-8-14(21)9-7-13)16(19(25)20(23)26)18(24)15-5-3-12-27-15/h3,5-9,12,17,25H,4,10-11H2,1-2H3/t17-/m0/s1. The molecule has 7 heteroatoms. The van der Waals surface area contributed by atoms with Gasteiger partial charge in [-0.1, -0.05) is 18.2 Å². The number of aliphatic hydroxyl groups excluding tert-OH is 1. The number of halogens is 1. The Hall–Kier alpha value is -2.51. The van der Waals surface area contributed by atoms with Gasteiger partial charge in [0, 0.05) is 6.54 Å². The second-order valence-corrected chi connectivity index (χ2v) is 7.63. The fraction of sp³-hybridized carbons (Fsp3) is 0.300. The van der Waals surface area contributed by atoms with Crippen LogP contribution in [0, 0.1) is 5.82 Å². The summed E-state index contributed by atoms with van der Waals surface area (Å²) in [5.41, 5.74) is 0.650. The van der Waals surface area contributed by atoms with E-state index >= 15 is 0 Å². The molecule has 142 valence electrons. The van der Waals surface area contributed by atoms with Crippen LogP contribution >= 0.6 is 11.3 Å². The first kappa shape index (κ1) is 19.3. The van der Waals surface area contributed by atoms with Gasteiger partial charge in [0.25, 0.3) is 5.91 Å². The van der Waals surface area contributed by atoms with E-state index in [2.05, 4.69) is 0 Å². The fourth-order valence-electron chi connectivity index (χ4n) is 3.21. The molecule has 2 heterocycles. The summed E-state index contributed by atoms with van der Waals surface area (Å²) < 4.78 is 13.4. The van der Waals surface area contributed by atoms with Crippen molar-refractivity contribution in [1.29, 1.82) is 0 Å². The molecule has 1 aromatic heterocycles. The Kier molecular flexibility index (Phi) is 5.72. The maximum atomic E-state index is 13.4. The van der Waals surface area contributed by atoms with Crippen LogP contribution in [0.5, 0.6) is 0 Å². The average Bonchev–Trinajstić information content (AvgIpc) is 3.25. The number of amides is 1. The lowest BCUT2D eigenvalue weighted by molar-refractivity contribution is -0.129. The largest absolute Gasteiger partial charge is 0.503 e. The smallest absolute Gasteiger partial charge is 0.290 e. The molecule has 0 aliphatic carbocycles. The lowest BCUT2D eigenvalue weighted by Crippen LogP contribution is -2.33. The zero-order valence-electron chi connectivity index (χ0n) is 15.2. The van der Waals surface area contributed by atoms with E-state index in [0.29, 0.717) is 23.4 Å². The Morgan fingerprint density at radius 3 is 2.56 bits per heavy atom. The van der Waals surface area contributed by atoms with Crippen molar-refractivity contribution >= 4 is 23.0 Å². The molecule has 1 N–H and O–H groups in total. The number of benzene rings is 1. The minimum absolute atomic E-state index is 0.0545. The van der Waals surface area contributed by atoms with Gasteiger partial charge in [-0.15, -0.1) is 11.3 Å². The topological polar surface area (TPSA) is 60.9 Å². The Morgan fingerprint density at radius 2 is 1.96 bits per heavy atom. The zero-order valence-corrected chi connectivity index (χ0v) is 16.0. The highest BCUT2D eigenvalue weighted by Crippen LogP contribution is 2.39. The second kappa shape index (κ2) is 8.02. The van der Waals surface area contributed by atoms with E-state index in [4.69, 9.17) is 0 Å². The molecule has 0 radical (unpaired) electrons. The fourth-order valence-corrected chi connectivity index (χ4v) is 3.88. The molecule has 2 aromatic rings. The molecule has 1 atom stereocenters. The van der Waals surface area contributed by atoms with Crippen LogP contribution in [0.3, 0.4) is 0 Å². The lowest BCUT2D eigenvalue weighted by Gasteiger charge is -2.27. The van der Waals surface area contributed by atoms with E-state index in [0.717, 1.165) is 6.54 Å². The predicted molar refractivity (Wildman–Crippen MR) is 102 cm³/mol. The van der Waals surface area contributed by atoms with Gasteiger partial charge >= 0.3 is 0 Å². The number of rotatable bonds is 7. The maximum absolute atomic E-state index is 13.4. The summed E-state index contributed by atoms with van der Waals surface area (Å²) in [6.07, 6.45) is 0.685. The van der Waals surface area contributed by atoms with Gasteiger partial charge in [0.1, 0.15) is 5.82 Å². The molecule has 0 bridgehead atoms. The van der Waals surface area contributed by atoms with E-state index < -0.39 is 23.5 Å². The molecule has 1 aliphatic heterocycles. The van der Waals surface area contributed by atoms with Gasteiger partial charge in [-0.2, -0.15) is 0 Å². The van der Waals surface area contributed by atoms with Crippen molar-refractivity contribution < 1.29 is 19.1 Å². The van der Waals surface area contributed by atoms with E-state index in [-0.39, 0.29) is 11.4 Å². The SMILES string of the molecule is CN(C)CCCN1C(=O)C(O)=C(C(=O)c2cccs2)[C@@H]1c1ccc(F)cc1. The van der Waals surface area contributed by atoms with Crippen molar-refractivity contribution in [2.45, 2.75) is 12.5 Å². The first-order chi connectivity index (χ1) is 12.9. The first-order valence-electron chi connectivity index (χ1n) is 8.62. The van der Waals surface area contributed by atoms with Gasteiger partial charge in [-0.3, -0.25) is 9.59 Å². The van der Waals surface area contributed by atoms with E-state index in [1.807, 2.05) is 19.0 Å². The summed E-state index contributed by atoms with van der Waals surface area (Å²) in [6, 6.07) is 8.36. The van der Waals surface area contributed by atoms with Gasteiger partial charge in [-0.25, -0.2) is 4.39 Å². The Bertz CT molecular complexity index is 860. The number of aliphatic hydroxyl groups is 1. The van der Waals surface area contributed by atoms with Crippen molar-refractivity contribution in [3.8, 4) is 0 Å². The lowest BCUT2D eigenvalue weighted by atomic mass is 9.95. The van der Waals surface area contributed by atoms with Crippen molar-refractivity contribution in [3.63, 3.8) is 0 Å². The highest BCUT2D eigenvalue weighted by Gasteiger charge is 2.43. The third-order valence-electron chi connectivity index (χ3n) is 4.48. The Labute approximate surface area is 161 Å². The van der Waals surface area contributed by atoms with Crippen molar-refractivity contribution in [2.24, 2.45) is 0 Å². The van der Waals surface area contributed by atoms with Crippen LogP contribution in [0.1, 0.15) is 27.7 Å². The summed E-state index contributed by atoms with van der Waals surface area (Å²) in [5.74, 6) is -1.86. The molecular formula is C20H21FN2O3S. The van der Waals surface area contributed by atoms with Gasteiger partial charge in [0.2, 0.25) is 5.78 Å². The minimum atomic E-state index is -0.727.